The van der Waals surface area contributed by atoms with Crippen LogP contribution in [0.5, 0.6) is 0 Å². The minimum Gasteiger partial charge on any atom is -0.356 e. The predicted octanol–water partition coefficient (Wildman–Crippen LogP) is 1.72. The lowest BCUT2D eigenvalue weighted by atomic mass is 10.0. The van der Waals surface area contributed by atoms with Gasteiger partial charge in [-0.1, -0.05) is 6.92 Å². The van der Waals surface area contributed by atoms with Gasteiger partial charge in [-0.2, -0.15) is 0 Å². The molecule has 0 spiro atoms. The number of hydrogen-bond donors (Lipinski definition) is 2. The second-order valence-electron chi connectivity index (χ2n) is 5.98. The van der Waals surface area contributed by atoms with E-state index in [9.17, 15) is 4.79 Å². The molecule has 2 fully saturated rings. The zero-order chi connectivity index (χ0) is 13.9. The lowest BCUT2D eigenvalue weighted by molar-refractivity contribution is 0.0942. The Kier molecular flexibility index (Phi) is 7.39. The molecule has 124 valence electrons. The highest BCUT2D eigenvalue weighted by atomic mass is 35.5. The van der Waals surface area contributed by atoms with Gasteiger partial charge in [-0.3, -0.25) is 4.79 Å². The van der Waals surface area contributed by atoms with Gasteiger partial charge in [-0.05, 0) is 24.5 Å². The molecule has 0 saturated carbocycles. The van der Waals surface area contributed by atoms with E-state index in [2.05, 4.69) is 27.4 Å². The molecule has 3 rings (SSSR count). The fourth-order valence-electron chi connectivity index (χ4n) is 2.71. The van der Waals surface area contributed by atoms with E-state index >= 15 is 0 Å². The highest BCUT2D eigenvalue weighted by Gasteiger charge is 2.21. The summed E-state index contributed by atoms with van der Waals surface area (Å²) >= 11 is 0. The van der Waals surface area contributed by atoms with Crippen molar-refractivity contribution in [3.8, 4) is 0 Å². The smallest absolute Gasteiger partial charge is 0.251 e. The number of amides is 1. The molecule has 1 unspecified atom stereocenters. The molecule has 0 aliphatic carbocycles. The number of nitrogens with one attached hydrogen (secondary N) is 2. The third-order valence-electron chi connectivity index (χ3n) is 4.17. The molecule has 1 amide bonds. The van der Waals surface area contributed by atoms with E-state index in [-0.39, 0.29) is 30.7 Å². The van der Waals surface area contributed by atoms with Gasteiger partial charge in [-0.25, -0.2) is 4.98 Å². The highest BCUT2D eigenvalue weighted by molar-refractivity contribution is 5.94. The molecule has 1 aromatic heterocycles. The maximum absolute atomic E-state index is 12.1. The van der Waals surface area contributed by atoms with Crippen molar-refractivity contribution in [3.05, 3.63) is 23.9 Å². The maximum Gasteiger partial charge on any atom is 0.251 e. The van der Waals surface area contributed by atoms with Crippen LogP contribution in [0.1, 0.15) is 23.7 Å². The summed E-state index contributed by atoms with van der Waals surface area (Å²) in [6, 6.07) is 3.70. The van der Waals surface area contributed by atoms with Gasteiger partial charge in [0.05, 0.1) is 0 Å². The Morgan fingerprint density at radius 2 is 2.23 bits per heavy atom. The van der Waals surface area contributed by atoms with Crippen molar-refractivity contribution in [3.63, 3.8) is 0 Å². The fraction of sp³-hybridized carbons (Fsp3) is 0.600. The number of aromatic nitrogens is 1. The Bertz CT molecular complexity index is 496. The highest BCUT2D eigenvalue weighted by Crippen LogP contribution is 2.22. The molecule has 0 bridgehead atoms. The fourth-order valence-corrected chi connectivity index (χ4v) is 2.71. The number of nitrogens with zero attached hydrogens (tertiary/aromatic N) is 2. The molecule has 2 N–H and O–H groups in total. The summed E-state index contributed by atoms with van der Waals surface area (Å²) in [5.74, 6) is 2.22. The van der Waals surface area contributed by atoms with Crippen molar-refractivity contribution in [1.82, 2.24) is 15.6 Å². The quantitative estimate of drug-likeness (QED) is 0.871. The monoisotopic (exact) mass is 346 g/mol. The zero-order valence-electron chi connectivity index (χ0n) is 12.7. The van der Waals surface area contributed by atoms with E-state index in [1.807, 2.05) is 6.07 Å². The van der Waals surface area contributed by atoms with Gasteiger partial charge in [0.2, 0.25) is 0 Å². The van der Waals surface area contributed by atoms with E-state index < -0.39 is 0 Å². The van der Waals surface area contributed by atoms with Gasteiger partial charge in [0.25, 0.3) is 5.91 Å². The maximum atomic E-state index is 12.1. The van der Waals surface area contributed by atoms with Crippen LogP contribution in [0, 0.1) is 11.8 Å². The second-order valence-corrected chi connectivity index (χ2v) is 5.98. The zero-order valence-corrected chi connectivity index (χ0v) is 14.4. The van der Waals surface area contributed by atoms with Gasteiger partial charge in [0.15, 0.2) is 0 Å². The number of carbonyl (C=O) groups excluding carboxylic acids is 1. The molecule has 7 heteroatoms. The number of pyridine rings is 1. The average Bonchev–Trinajstić information content (AvgIpc) is 2.84. The Labute approximate surface area is 144 Å². The van der Waals surface area contributed by atoms with Crippen molar-refractivity contribution in [1.29, 1.82) is 0 Å². The van der Waals surface area contributed by atoms with Crippen LogP contribution in [-0.4, -0.2) is 43.6 Å². The molecule has 22 heavy (non-hydrogen) atoms. The Morgan fingerprint density at radius 1 is 1.45 bits per heavy atom. The second kappa shape index (κ2) is 8.56. The van der Waals surface area contributed by atoms with Crippen LogP contribution < -0.4 is 15.5 Å². The molecule has 2 aliphatic heterocycles. The lowest BCUT2D eigenvalue weighted by Gasteiger charge is -2.27. The first-order chi connectivity index (χ1) is 9.72. The van der Waals surface area contributed by atoms with Crippen LogP contribution in [0.3, 0.4) is 0 Å². The predicted molar refractivity (Wildman–Crippen MR) is 93.4 cm³/mol. The first kappa shape index (κ1) is 19.0. The van der Waals surface area contributed by atoms with Crippen LogP contribution in [0.15, 0.2) is 18.3 Å². The molecule has 3 heterocycles. The van der Waals surface area contributed by atoms with E-state index in [0.29, 0.717) is 17.4 Å². The number of hydrogen-bond acceptors (Lipinski definition) is 4. The summed E-state index contributed by atoms with van der Waals surface area (Å²) in [4.78, 5) is 18.8. The van der Waals surface area contributed by atoms with Crippen LogP contribution in [-0.2, 0) is 0 Å². The molecule has 2 aliphatic rings. The van der Waals surface area contributed by atoms with Crippen LogP contribution in [0.2, 0.25) is 0 Å². The first-order valence-electron chi connectivity index (χ1n) is 7.42. The van der Waals surface area contributed by atoms with Gasteiger partial charge in [0, 0.05) is 50.4 Å². The van der Waals surface area contributed by atoms with E-state index in [1.165, 1.54) is 6.42 Å². The van der Waals surface area contributed by atoms with Crippen molar-refractivity contribution in [2.24, 2.45) is 11.8 Å². The minimum absolute atomic E-state index is 0. The molecule has 1 atom stereocenters. The number of halogens is 2. The first-order valence-corrected chi connectivity index (χ1v) is 7.42. The van der Waals surface area contributed by atoms with Gasteiger partial charge >= 0.3 is 0 Å². The summed E-state index contributed by atoms with van der Waals surface area (Å²) in [6.07, 6.45) is 2.94. The standard InChI is InChI=1S/C15H22N4O.2ClH/c1-11-3-5-19(10-11)14-6-13(2-4-17-14)15(20)18-9-12-7-16-8-12;;/h2,4,6,11-12,16H,3,5,7-10H2,1H3,(H,18,20);2*1H. The summed E-state index contributed by atoms with van der Waals surface area (Å²) in [7, 11) is 0. The Morgan fingerprint density at radius 3 is 2.82 bits per heavy atom. The molecular formula is C15H24Cl2N4O. The van der Waals surface area contributed by atoms with Crippen molar-refractivity contribution < 1.29 is 4.79 Å². The van der Waals surface area contributed by atoms with E-state index in [4.69, 9.17) is 0 Å². The molecule has 0 radical (unpaired) electrons. The van der Waals surface area contributed by atoms with Crippen molar-refractivity contribution in [2.45, 2.75) is 13.3 Å². The number of anilines is 1. The van der Waals surface area contributed by atoms with Crippen LogP contribution in [0.4, 0.5) is 5.82 Å². The molecule has 5 nitrogen and oxygen atoms in total. The van der Waals surface area contributed by atoms with Crippen molar-refractivity contribution >= 4 is 36.5 Å². The van der Waals surface area contributed by atoms with Gasteiger partial charge in [-0.15, -0.1) is 24.8 Å². The SMILES string of the molecule is CC1CCN(c2cc(C(=O)NCC3CNC3)ccn2)C1.Cl.Cl. The average molecular weight is 347 g/mol. The van der Waals surface area contributed by atoms with Gasteiger partial charge in [0.1, 0.15) is 5.82 Å². The summed E-state index contributed by atoms with van der Waals surface area (Å²) in [6.45, 7) is 7.09. The van der Waals surface area contributed by atoms with Gasteiger partial charge < -0.3 is 15.5 Å². The summed E-state index contributed by atoms with van der Waals surface area (Å²) in [5.41, 5.74) is 0.710. The molecule has 2 saturated heterocycles. The molecular weight excluding hydrogens is 323 g/mol. The normalized spacial score (nSPS) is 20.6. The third-order valence-corrected chi connectivity index (χ3v) is 4.17. The number of carbonyl (C=O) groups is 1. The summed E-state index contributed by atoms with van der Waals surface area (Å²) < 4.78 is 0. The molecule has 1 aromatic rings. The largest absolute Gasteiger partial charge is 0.356 e. The topological polar surface area (TPSA) is 57.3 Å². The molecule has 0 aromatic carbocycles. The van der Waals surface area contributed by atoms with E-state index in [0.717, 1.165) is 38.5 Å². The minimum atomic E-state index is 0. The number of rotatable bonds is 4. The Hall–Kier alpha value is -1.04. The lowest BCUT2D eigenvalue weighted by Crippen LogP contribution is -2.48. The van der Waals surface area contributed by atoms with E-state index in [1.54, 1.807) is 12.3 Å². The third kappa shape index (κ3) is 4.48. The summed E-state index contributed by atoms with van der Waals surface area (Å²) in [5, 5.41) is 6.21. The van der Waals surface area contributed by atoms with Crippen LogP contribution in [0.25, 0.3) is 0 Å². The van der Waals surface area contributed by atoms with Crippen LogP contribution >= 0.6 is 24.8 Å². The van der Waals surface area contributed by atoms with Crippen molar-refractivity contribution in [2.75, 3.05) is 37.6 Å². The Balaban J connectivity index is 0.00000121.